The molecule has 0 radical (unpaired) electrons. The summed E-state index contributed by atoms with van der Waals surface area (Å²) in [5.74, 6) is -0.633. The van der Waals surface area contributed by atoms with Crippen LogP contribution in [0, 0.1) is 5.41 Å². The van der Waals surface area contributed by atoms with Crippen LogP contribution in [0.5, 0.6) is 0 Å². The Hall–Kier alpha value is -1.35. The van der Waals surface area contributed by atoms with E-state index in [0.717, 1.165) is 38.8 Å². The number of likely N-dealkylation sites (tertiary alicyclic amines) is 1. The van der Waals surface area contributed by atoms with E-state index in [9.17, 15) is 9.90 Å². The highest BCUT2D eigenvalue weighted by Crippen LogP contribution is 2.34. The molecule has 1 saturated heterocycles. The molecule has 0 saturated carbocycles. The fourth-order valence-corrected chi connectivity index (χ4v) is 3.59. The SMILES string of the molecule is CC1(C(=O)O)CCN(C2CCc3ccccc3C2)CC1. The van der Waals surface area contributed by atoms with E-state index in [0.29, 0.717) is 6.04 Å². The largest absolute Gasteiger partial charge is 0.481 e. The molecule has 3 heteroatoms. The monoisotopic (exact) mass is 273 g/mol. The van der Waals surface area contributed by atoms with Crippen molar-refractivity contribution in [3.63, 3.8) is 0 Å². The van der Waals surface area contributed by atoms with Gasteiger partial charge in [-0.1, -0.05) is 24.3 Å². The standard InChI is InChI=1S/C17H23NO2/c1-17(16(19)20)8-10-18(11-9-17)15-7-6-13-4-2-3-5-14(13)12-15/h2-5,15H,6-12H2,1H3,(H,19,20). The highest BCUT2D eigenvalue weighted by Gasteiger charge is 2.38. The summed E-state index contributed by atoms with van der Waals surface area (Å²) in [6, 6.07) is 9.33. The number of aryl methyl sites for hydroxylation is 1. The molecule has 1 aliphatic carbocycles. The number of benzene rings is 1. The first kappa shape index (κ1) is 13.6. The number of carbonyl (C=O) groups is 1. The molecule has 108 valence electrons. The molecular formula is C17H23NO2. The van der Waals surface area contributed by atoms with Crippen LogP contribution in [-0.2, 0) is 17.6 Å². The van der Waals surface area contributed by atoms with Crippen molar-refractivity contribution in [2.45, 2.75) is 45.1 Å². The number of aliphatic carboxylic acids is 1. The fraction of sp³-hybridized carbons (Fsp3) is 0.588. The van der Waals surface area contributed by atoms with E-state index in [4.69, 9.17) is 0 Å². The maximum absolute atomic E-state index is 11.3. The van der Waals surface area contributed by atoms with Crippen molar-refractivity contribution in [3.05, 3.63) is 35.4 Å². The van der Waals surface area contributed by atoms with Gasteiger partial charge >= 0.3 is 5.97 Å². The Morgan fingerprint density at radius 3 is 2.55 bits per heavy atom. The molecule has 1 aromatic carbocycles. The molecule has 1 unspecified atom stereocenters. The second-order valence-corrected chi connectivity index (χ2v) is 6.57. The Kier molecular flexibility index (Phi) is 3.55. The summed E-state index contributed by atoms with van der Waals surface area (Å²) < 4.78 is 0. The Labute approximate surface area is 120 Å². The molecule has 0 aromatic heterocycles. The summed E-state index contributed by atoms with van der Waals surface area (Å²) in [5, 5.41) is 9.31. The average molecular weight is 273 g/mol. The summed E-state index contributed by atoms with van der Waals surface area (Å²) in [5.41, 5.74) is 2.47. The topological polar surface area (TPSA) is 40.5 Å². The van der Waals surface area contributed by atoms with E-state index in [-0.39, 0.29) is 0 Å². The molecule has 1 heterocycles. The predicted octanol–water partition coefficient (Wildman–Crippen LogP) is 2.73. The molecule has 0 bridgehead atoms. The first-order chi connectivity index (χ1) is 9.58. The minimum absolute atomic E-state index is 0.511. The minimum atomic E-state index is -0.633. The van der Waals surface area contributed by atoms with Crippen LogP contribution in [-0.4, -0.2) is 35.1 Å². The van der Waals surface area contributed by atoms with Gasteiger partial charge in [0.15, 0.2) is 0 Å². The van der Waals surface area contributed by atoms with Crippen LogP contribution < -0.4 is 0 Å². The van der Waals surface area contributed by atoms with E-state index in [1.807, 2.05) is 6.92 Å². The molecule has 0 amide bonds. The number of hydrogen-bond donors (Lipinski definition) is 1. The molecule has 1 fully saturated rings. The summed E-state index contributed by atoms with van der Waals surface area (Å²) in [7, 11) is 0. The quantitative estimate of drug-likeness (QED) is 0.900. The van der Waals surface area contributed by atoms with Crippen LogP contribution in [0.3, 0.4) is 0 Å². The minimum Gasteiger partial charge on any atom is -0.481 e. The van der Waals surface area contributed by atoms with Crippen molar-refractivity contribution in [2.24, 2.45) is 5.41 Å². The van der Waals surface area contributed by atoms with Gasteiger partial charge in [0.25, 0.3) is 0 Å². The van der Waals surface area contributed by atoms with Gasteiger partial charge < -0.3 is 5.11 Å². The molecule has 1 aliphatic heterocycles. The number of nitrogens with zero attached hydrogens (tertiary/aromatic N) is 1. The smallest absolute Gasteiger partial charge is 0.309 e. The van der Waals surface area contributed by atoms with Crippen molar-refractivity contribution in [1.29, 1.82) is 0 Å². The summed E-state index contributed by atoms with van der Waals surface area (Å²) >= 11 is 0. The molecule has 1 aromatic rings. The number of carboxylic acids is 1. The molecule has 1 atom stereocenters. The van der Waals surface area contributed by atoms with Crippen molar-refractivity contribution in [1.82, 2.24) is 4.90 Å². The third-order valence-electron chi connectivity index (χ3n) is 5.26. The van der Waals surface area contributed by atoms with Gasteiger partial charge in [0, 0.05) is 6.04 Å². The van der Waals surface area contributed by atoms with E-state index < -0.39 is 11.4 Å². The van der Waals surface area contributed by atoms with E-state index in [1.54, 1.807) is 0 Å². The van der Waals surface area contributed by atoms with Gasteiger partial charge in [-0.3, -0.25) is 9.69 Å². The molecule has 20 heavy (non-hydrogen) atoms. The number of carboxylic acid groups (broad SMARTS) is 1. The van der Waals surface area contributed by atoms with Crippen molar-refractivity contribution >= 4 is 5.97 Å². The fourth-order valence-electron chi connectivity index (χ4n) is 3.59. The number of fused-ring (bicyclic) bond motifs is 1. The molecule has 3 nitrogen and oxygen atoms in total. The van der Waals surface area contributed by atoms with E-state index in [1.165, 1.54) is 17.5 Å². The highest BCUT2D eigenvalue weighted by molar-refractivity contribution is 5.74. The summed E-state index contributed by atoms with van der Waals surface area (Å²) in [6.45, 7) is 3.74. The summed E-state index contributed by atoms with van der Waals surface area (Å²) in [4.78, 5) is 13.8. The molecule has 2 aliphatic rings. The van der Waals surface area contributed by atoms with Gasteiger partial charge in [0.1, 0.15) is 0 Å². The molecule has 0 spiro atoms. The van der Waals surface area contributed by atoms with Crippen LogP contribution in [0.4, 0.5) is 0 Å². The van der Waals surface area contributed by atoms with Crippen molar-refractivity contribution < 1.29 is 9.90 Å². The lowest BCUT2D eigenvalue weighted by Crippen LogP contribution is -2.48. The third-order valence-corrected chi connectivity index (χ3v) is 5.26. The zero-order valence-corrected chi connectivity index (χ0v) is 12.1. The second kappa shape index (κ2) is 5.21. The Morgan fingerprint density at radius 1 is 1.25 bits per heavy atom. The molecule has 1 N–H and O–H groups in total. The van der Waals surface area contributed by atoms with Gasteiger partial charge in [-0.2, -0.15) is 0 Å². The van der Waals surface area contributed by atoms with Gasteiger partial charge in [-0.25, -0.2) is 0 Å². The molecule has 3 rings (SSSR count). The third kappa shape index (κ3) is 2.47. The van der Waals surface area contributed by atoms with Crippen LogP contribution in [0.25, 0.3) is 0 Å². The Balaban J connectivity index is 1.64. The van der Waals surface area contributed by atoms with Crippen molar-refractivity contribution in [2.75, 3.05) is 13.1 Å². The van der Waals surface area contributed by atoms with Gasteiger partial charge in [0.2, 0.25) is 0 Å². The average Bonchev–Trinajstić information content (AvgIpc) is 2.47. The number of rotatable bonds is 2. The maximum Gasteiger partial charge on any atom is 0.309 e. The van der Waals surface area contributed by atoms with Crippen LogP contribution in [0.2, 0.25) is 0 Å². The zero-order chi connectivity index (χ0) is 14.2. The highest BCUT2D eigenvalue weighted by atomic mass is 16.4. The van der Waals surface area contributed by atoms with Crippen LogP contribution >= 0.6 is 0 Å². The molecular weight excluding hydrogens is 250 g/mol. The lowest BCUT2D eigenvalue weighted by molar-refractivity contribution is -0.151. The predicted molar refractivity (Wildman–Crippen MR) is 78.8 cm³/mol. The van der Waals surface area contributed by atoms with E-state index in [2.05, 4.69) is 29.2 Å². The zero-order valence-electron chi connectivity index (χ0n) is 12.1. The van der Waals surface area contributed by atoms with Crippen molar-refractivity contribution in [3.8, 4) is 0 Å². The first-order valence-corrected chi connectivity index (χ1v) is 7.63. The second-order valence-electron chi connectivity index (χ2n) is 6.57. The lowest BCUT2D eigenvalue weighted by atomic mass is 9.79. The normalized spacial score (nSPS) is 25.9. The first-order valence-electron chi connectivity index (χ1n) is 7.63. The van der Waals surface area contributed by atoms with Gasteiger partial charge in [0.05, 0.1) is 5.41 Å². The maximum atomic E-state index is 11.3. The summed E-state index contributed by atoms with van der Waals surface area (Å²) in [6.07, 6.45) is 5.05. The van der Waals surface area contributed by atoms with Gasteiger partial charge in [-0.15, -0.1) is 0 Å². The van der Waals surface area contributed by atoms with Crippen LogP contribution in [0.1, 0.15) is 37.3 Å². The Morgan fingerprint density at radius 2 is 1.90 bits per heavy atom. The lowest BCUT2D eigenvalue weighted by Gasteiger charge is -2.42. The van der Waals surface area contributed by atoms with E-state index >= 15 is 0 Å². The number of hydrogen-bond acceptors (Lipinski definition) is 2. The van der Waals surface area contributed by atoms with Crippen LogP contribution in [0.15, 0.2) is 24.3 Å². The number of piperidine rings is 1. The van der Waals surface area contributed by atoms with Gasteiger partial charge in [-0.05, 0) is 63.2 Å². The Bertz CT molecular complexity index is 503.